The fourth-order valence-electron chi connectivity index (χ4n) is 3.89. The molecule has 182 valence electrons. The molecule has 0 heterocycles. The van der Waals surface area contributed by atoms with Gasteiger partial charge >= 0.3 is 0 Å². The molecule has 0 saturated carbocycles. The van der Waals surface area contributed by atoms with Crippen molar-refractivity contribution in [2.24, 2.45) is 0 Å². The summed E-state index contributed by atoms with van der Waals surface area (Å²) in [7, 11) is 0.907. The number of hydrogen-bond acceptors (Lipinski definition) is 2. The van der Waals surface area contributed by atoms with E-state index in [0.29, 0.717) is 0 Å². The maximum Gasteiger partial charge on any atom is 0.263 e. The molecule has 6 heteroatoms. The van der Waals surface area contributed by atoms with Gasteiger partial charge in [0.1, 0.15) is 6.54 Å². The molecule has 0 saturated heterocycles. The lowest BCUT2D eigenvalue weighted by atomic mass is 10.0. The van der Waals surface area contributed by atoms with Gasteiger partial charge in [-0.3, -0.25) is 9.11 Å². The summed E-state index contributed by atoms with van der Waals surface area (Å²) < 4.78 is 25.1. The number of hydrogen-bond donors (Lipinski definition) is 2. The summed E-state index contributed by atoms with van der Waals surface area (Å²) in [6.07, 6.45) is 20.2. The van der Waals surface area contributed by atoms with E-state index in [0.717, 1.165) is 11.0 Å². The second-order valence-electron chi connectivity index (χ2n) is 9.35. The minimum atomic E-state index is -3.83. The lowest BCUT2D eigenvalue weighted by molar-refractivity contribution is -0.903. The second-order valence-corrected chi connectivity index (χ2v) is 11.5. The molecule has 1 rings (SSSR count). The molecular formula is C25H48NO3S2+. The van der Waals surface area contributed by atoms with E-state index in [2.05, 4.69) is 62.5 Å². The maximum atomic E-state index is 9.11. The fourth-order valence-corrected chi connectivity index (χ4v) is 3.89. The Morgan fingerprint density at radius 1 is 0.742 bits per heavy atom. The van der Waals surface area contributed by atoms with Crippen LogP contribution in [0.5, 0.6) is 0 Å². The van der Waals surface area contributed by atoms with E-state index in [1.54, 1.807) is 0 Å². The molecule has 0 aliphatic heterocycles. The average Bonchev–Trinajstić information content (AvgIpc) is 2.67. The highest BCUT2D eigenvalue weighted by Gasteiger charge is 2.14. The van der Waals surface area contributed by atoms with Crippen LogP contribution in [0.15, 0.2) is 30.3 Å². The molecule has 1 aromatic carbocycles. The van der Waals surface area contributed by atoms with Crippen LogP contribution in [-0.4, -0.2) is 38.4 Å². The summed E-state index contributed by atoms with van der Waals surface area (Å²) in [6, 6.07) is 10.9. The molecule has 0 aliphatic carbocycles. The number of quaternary nitrogens is 1. The Morgan fingerprint density at radius 2 is 1.10 bits per heavy atom. The van der Waals surface area contributed by atoms with Crippen molar-refractivity contribution in [1.29, 1.82) is 0 Å². The highest BCUT2D eigenvalue weighted by atomic mass is 32.9. The monoisotopic (exact) mass is 474 g/mol. The van der Waals surface area contributed by atoms with Crippen LogP contribution < -0.4 is 0 Å². The Kier molecular flexibility index (Phi) is 18.7. The van der Waals surface area contributed by atoms with E-state index < -0.39 is 9.05 Å². The van der Waals surface area contributed by atoms with Crippen LogP contribution in [0.3, 0.4) is 0 Å². The normalized spacial score (nSPS) is 11.8. The van der Waals surface area contributed by atoms with Crippen LogP contribution in [-0.2, 0) is 26.8 Å². The number of rotatable bonds is 17. The third kappa shape index (κ3) is 25.6. The lowest BCUT2D eigenvalue weighted by Crippen LogP contribution is -2.39. The summed E-state index contributed by atoms with van der Waals surface area (Å²) >= 11 is 3.47. The molecule has 0 bridgehead atoms. The van der Waals surface area contributed by atoms with Gasteiger partial charge in [-0.05, 0) is 12.8 Å². The van der Waals surface area contributed by atoms with Crippen LogP contribution in [0.1, 0.15) is 102 Å². The molecule has 0 aliphatic rings. The van der Waals surface area contributed by atoms with Crippen molar-refractivity contribution in [2.45, 2.75) is 103 Å². The topological polar surface area (TPSA) is 57.5 Å². The molecule has 0 unspecified atom stereocenters. The average molecular weight is 475 g/mol. The van der Waals surface area contributed by atoms with Crippen LogP contribution in [0.4, 0.5) is 0 Å². The summed E-state index contributed by atoms with van der Waals surface area (Å²) in [6.45, 7) is 4.75. The van der Waals surface area contributed by atoms with Crippen LogP contribution in [0.2, 0.25) is 0 Å². The Morgan fingerprint density at radius 3 is 1.48 bits per heavy atom. The van der Waals surface area contributed by atoms with Gasteiger partial charge in [-0.1, -0.05) is 114 Å². The van der Waals surface area contributed by atoms with Gasteiger partial charge in [0.2, 0.25) is 0 Å². The smallest absolute Gasteiger partial charge is 0.263 e. The molecule has 0 amide bonds. The van der Waals surface area contributed by atoms with Crippen LogP contribution >= 0.6 is 0 Å². The number of unbranched alkanes of at least 4 members (excludes halogenated alkanes) is 13. The molecule has 4 nitrogen and oxygen atoms in total. The summed E-state index contributed by atoms with van der Waals surface area (Å²) in [5.74, 6) is 0. The van der Waals surface area contributed by atoms with Crippen molar-refractivity contribution < 1.29 is 17.8 Å². The third-order valence-corrected chi connectivity index (χ3v) is 5.57. The zero-order valence-corrected chi connectivity index (χ0v) is 21.9. The van der Waals surface area contributed by atoms with Crippen molar-refractivity contribution in [2.75, 3.05) is 20.6 Å². The molecular weight excluding hydrogens is 426 g/mol. The summed E-state index contributed by atoms with van der Waals surface area (Å²) in [5, 5.41) is 0. The van der Waals surface area contributed by atoms with E-state index in [4.69, 9.17) is 13.3 Å². The van der Waals surface area contributed by atoms with Gasteiger partial charge in [-0.25, -0.2) is 0 Å². The standard InChI is InChI=1S/C25H46N.H2O3S2/c1-4-5-6-7-8-9-10-11-12-13-14-15-16-20-23-26(2,3)24-25-21-18-17-19-22-25;1-5(2,3)4/h17-19,21-22H,4-16,20,23-24H2,1-3H3;(H2,1,2,3,4)/q+1;. The lowest BCUT2D eigenvalue weighted by Gasteiger charge is -2.30. The zero-order chi connectivity index (χ0) is 23.4. The molecule has 0 aromatic heterocycles. The summed E-state index contributed by atoms with van der Waals surface area (Å²) in [4.78, 5) is 0. The molecule has 0 radical (unpaired) electrons. The third-order valence-electron chi connectivity index (χ3n) is 5.57. The molecule has 31 heavy (non-hydrogen) atoms. The Labute approximate surface area is 197 Å². The van der Waals surface area contributed by atoms with Crippen LogP contribution in [0, 0.1) is 0 Å². The van der Waals surface area contributed by atoms with Crippen molar-refractivity contribution in [3.8, 4) is 0 Å². The Balaban J connectivity index is 0.00000161. The summed E-state index contributed by atoms with van der Waals surface area (Å²) in [5.41, 5.74) is 1.46. The first-order valence-electron chi connectivity index (χ1n) is 12.2. The number of benzene rings is 1. The van der Waals surface area contributed by atoms with Gasteiger partial charge in [-0.15, -0.1) is 0 Å². The van der Waals surface area contributed by atoms with Crippen molar-refractivity contribution in [3.63, 3.8) is 0 Å². The first-order valence-corrected chi connectivity index (χ1v) is 14.6. The highest BCUT2D eigenvalue weighted by Crippen LogP contribution is 2.15. The van der Waals surface area contributed by atoms with Gasteiger partial charge in [0.15, 0.2) is 0 Å². The first kappa shape index (κ1) is 30.5. The molecule has 2 N–H and O–H groups in total. The van der Waals surface area contributed by atoms with E-state index in [9.17, 15) is 0 Å². The van der Waals surface area contributed by atoms with E-state index in [1.165, 1.54) is 102 Å². The van der Waals surface area contributed by atoms with Crippen LogP contribution in [0.25, 0.3) is 0 Å². The Hall–Kier alpha value is -0.530. The van der Waals surface area contributed by atoms with Crippen molar-refractivity contribution in [1.82, 2.24) is 0 Å². The predicted octanol–water partition coefficient (Wildman–Crippen LogP) is 7.42. The Bertz CT molecular complexity index is 611. The first-order chi connectivity index (χ1) is 14.6. The minimum Gasteiger partial charge on any atom is -0.325 e. The van der Waals surface area contributed by atoms with Gasteiger partial charge < -0.3 is 4.48 Å². The fraction of sp³-hybridized carbons (Fsp3) is 0.760. The van der Waals surface area contributed by atoms with Gasteiger partial charge in [-0.2, -0.15) is 4.21 Å². The number of nitrogens with zero attached hydrogens (tertiary/aromatic N) is 1. The largest absolute Gasteiger partial charge is 0.325 e. The second kappa shape index (κ2) is 19.0. The minimum absolute atomic E-state index is 1.11. The molecule has 1 aromatic rings. The van der Waals surface area contributed by atoms with E-state index in [1.807, 2.05) is 0 Å². The maximum absolute atomic E-state index is 9.11. The van der Waals surface area contributed by atoms with E-state index in [-0.39, 0.29) is 0 Å². The van der Waals surface area contributed by atoms with Crippen molar-refractivity contribution in [3.05, 3.63) is 35.9 Å². The SMILES string of the molecule is CCCCCCCCCCCCCCCC[N+](C)(C)Cc1ccccc1.O=S(O)(O)=S. The molecule has 0 atom stereocenters. The zero-order valence-electron chi connectivity index (χ0n) is 20.3. The van der Waals surface area contributed by atoms with Gasteiger partial charge in [0.25, 0.3) is 9.05 Å². The highest BCUT2D eigenvalue weighted by molar-refractivity contribution is 8.26. The van der Waals surface area contributed by atoms with Gasteiger partial charge in [0.05, 0.1) is 20.6 Å². The van der Waals surface area contributed by atoms with E-state index >= 15 is 0 Å². The predicted molar refractivity (Wildman–Crippen MR) is 138 cm³/mol. The quantitative estimate of drug-likeness (QED) is 0.182. The van der Waals surface area contributed by atoms with Crippen molar-refractivity contribution >= 4 is 20.2 Å². The molecule has 0 spiro atoms. The molecule has 0 fully saturated rings. The van der Waals surface area contributed by atoms with Gasteiger partial charge in [0, 0.05) is 16.8 Å².